The van der Waals surface area contributed by atoms with Gasteiger partial charge in [-0.3, -0.25) is 19.7 Å². The number of aromatic amines is 1. The van der Waals surface area contributed by atoms with Gasteiger partial charge >= 0.3 is 0 Å². The topological polar surface area (TPSA) is 99.5 Å². The lowest BCUT2D eigenvalue weighted by atomic mass is 9.86. The fourth-order valence-corrected chi connectivity index (χ4v) is 4.56. The number of likely N-dealkylation sites (N-methyl/N-ethyl adjacent to an activating group) is 1. The molecule has 1 unspecified atom stereocenters. The van der Waals surface area contributed by atoms with E-state index < -0.39 is 17.0 Å². The predicted molar refractivity (Wildman–Crippen MR) is 105 cm³/mol. The second kappa shape index (κ2) is 6.16. The van der Waals surface area contributed by atoms with Crippen molar-refractivity contribution in [3.8, 4) is 0 Å². The van der Waals surface area contributed by atoms with Crippen LogP contribution in [0.3, 0.4) is 0 Å². The average molecular weight is 390 g/mol. The second-order valence-electron chi connectivity index (χ2n) is 7.53. The van der Waals surface area contributed by atoms with Crippen LogP contribution >= 0.6 is 0 Å². The van der Waals surface area contributed by atoms with Crippen molar-refractivity contribution in [3.05, 3.63) is 75.5 Å². The predicted octanol–water partition coefficient (Wildman–Crippen LogP) is 2.39. The van der Waals surface area contributed by atoms with E-state index in [0.717, 1.165) is 22.2 Å². The van der Waals surface area contributed by atoms with Crippen LogP contribution in [-0.2, 0) is 16.0 Å². The Morgan fingerprint density at radius 1 is 1.14 bits per heavy atom. The molecule has 1 saturated heterocycles. The number of para-hydroxylation sites is 1. The molecule has 146 valence electrons. The highest BCUT2D eigenvalue weighted by Crippen LogP contribution is 2.42. The molecule has 8 heteroatoms. The summed E-state index contributed by atoms with van der Waals surface area (Å²) >= 11 is 0. The minimum atomic E-state index is -0.628. The van der Waals surface area contributed by atoms with Crippen LogP contribution in [0, 0.1) is 10.1 Å². The van der Waals surface area contributed by atoms with Crippen molar-refractivity contribution in [1.29, 1.82) is 0 Å². The molecule has 2 aliphatic heterocycles. The normalized spacial score (nSPS) is 21.3. The molecule has 0 aliphatic carbocycles. The third-order valence-electron chi connectivity index (χ3n) is 5.85. The molecule has 8 nitrogen and oxygen atoms in total. The van der Waals surface area contributed by atoms with Gasteiger partial charge in [0.1, 0.15) is 6.04 Å². The van der Waals surface area contributed by atoms with Crippen LogP contribution in [0.15, 0.2) is 48.5 Å². The van der Waals surface area contributed by atoms with Gasteiger partial charge in [-0.25, -0.2) is 0 Å². The standard InChI is InChI=1S/C21H18N4O4/c1-23-11-18(26)24-17(21(23)27)10-15-14-7-2-3-8-16(14)22-19(15)20(24)12-5-4-6-13(9-12)25(28)29/h2-9,17,20,22H,10-11H2,1H3/t17-,20?/m1/s1. The number of hydrogen-bond donors (Lipinski definition) is 1. The van der Waals surface area contributed by atoms with E-state index in [9.17, 15) is 19.7 Å². The average Bonchev–Trinajstić information content (AvgIpc) is 3.09. The maximum atomic E-state index is 13.0. The summed E-state index contributed by atoms with van der Waals surface area (Å²) in [6.07, 6.45) is 0.416. The molecule has 0 saturated carbocycles. The van der Waals surface area contributed by atoms with E-state index in [1.54, 1.807) is 24.1 Å². The third-order valence-corrected chi connectivity index (χ3v) is 5.85. The number of non-ortho nitro benzene ring substituents is 1. The van der Waals surface area contributed by atoms with Gasteiger partial charge in [0.05, 0.1) is 17.5 Å². The largest absolute Gasteiger partial charge is 0.356 e. The van der Waals surface area contributed by atoms with E-state index in [4.69, 9.17) is 0 Å². The Morgan fingerprint density at radius 2 is 1.93 bits per heavy atom. The summed E-state index contributed by atoms with van der Waals surface area (Å²) in [6, 6.07) is 12.9. The lowest BCUT2D eigenvalue weighted by Gasteiger charge is -2.46. The van der Waals surface area contributed by atoms with Crippen LogP contribution < -0.4 is 0 Å². The highest BCUT2D eigenvalue weighted by atomic mass is 16.6. The quantitative estimate of drug-likeness (QED) is 0.536. The second-order valence-corrected chi connectivity index (χ2v) is 7.53. The van der Waals surface area contributed by atoms with Crippen molar-refractivity contribution in [2.24, 2.45) is 0 Å². The summed E-state index contributed by atoms with van der Waals surface area (Å²) in [6.45, 7) is -0.00365. The van der Waals surface area contributed by atoms with Crippen LogP contribution in [0.1, 0.15) is 22.9 Å². The van der Waals surface area contributed by atoms with Crippen molar-refractivity contribution >= 4 is 28.4 Å². The van der Waals surface area contributed by atoms with Crippen molar-refractivity contribution < 1.29 is 14.5 Å². The first-order chi connectivity index (χ1) is 14.0. The van der Waals surface area contributed by atoms with Crippen molar-refractivity contribution in [1.82, 2.24) is 14.8 Å². The Balaban J connectivity index is 1.76. The molecular formula is C21H18N4O4. The lowest BCUT2D eigenvalue weighted by molar-refractivity contribution is -0.384. The SMILES string of the molecule is CN1CC(=O)N2C(c3cccc([N+](=O)[O-])c3)c3[nH]c4ccccc4c3C[C@@H]2C1=O. The number of nitro groups is 1. The molecule has 1 fully saturated rings. The van der Waals surface area contributed by atoms with E-state index in [1.807, 2.05) is 24.3 Å². The van der Waals surface area contributed by atoms with E-state index in [2.05, 4.69) is 4.98 Å². The monoisotopic (exact) mass is 390 g/mol. The van der Waals surface area contributed by atoms with Gasteiger partial charge in [0, 0.05) is 42.2 Å². The number of H-pyrrole nitrogens is 1. The maximum absolute atomic E-state index is 13.0. The molecule has 29 heavy (non-hydrogen) atoms. The number of nitrogens with zero attached hydrogens (tertiary/aromatic N) is 3. The van der Waals surface area contributed by atoms with E-state index in [0.29, 0.717) is 12.0 Å². The van der Waals surface area contributed by atoms with Gasteiger partial charge in [-0.2, -0.15) is 0 Å². The zero-order valence-corrected chi connectivity index (χ0v) is 15.7. The molecule has 2 aliphatic rings. The lowest BCUT2D eigenvalue weighted by Crippen LogP contribution is -2.62. The van der Waals surface area contributed by atoms with Crippen LogP contribution in [0.2, 0.25) is 0 Å². The van der Waals surface area contributed by atoms with E-state index >= 15 is 0 Å². The zero-order valence-electron chi connectivity index (χ0n) is 15.7. The van der Waals surface area contributed by atoms with Gasteiger partial charge in [0.25, 0.3) is 5.69 Å². The van der Waals surface area contributed by atoms with Crippen molar-refractivity contribution in [2.45, 2.75) is 18.5 Å². The minimum Gasteiger partial charge on any atom is -0.356 e. The van der Waals surface area contributed by atoms with Crippen molar-refractivity contribution in [2.75, 3.05) is 13.6 Å². The zero-order chi connectivity index (χ0) is 20.3. The number of piperazine rings is 1. The number of hydrogen-bond acceptors (Lipinski definition) is 4. The van der Waals surface area contributed by atoms with Gasteiger partial charge in [-0.05, 0) is 17.2 Å². The first-order valence-corrected chi connectivity index (χ1v) is 9.35. The summed E-state index contributed by atoms with van der Waals surface area (Å²) in [7, 11) is 1.63. The number of nitro benzene ring substituents is 1. The van der Waals surface area contributed by atoms with Crippen LogP contribution in [-0.4, -0.2) is 51.2 Å². The molecule has 1 N–H and O–H groups in total. The Bertz CT molecular complexity index is 1180. The van der Waals surface area contributed by atoms with Gasteiger partial charge in [-0.1, -0.05) is 30.3 Å². The van der Waals surface area contributed by atoms with Crippen LogP contribution in [0.25, 0.3) is 10.9 Å². The van der Waals surface area contributed by atoms with Gasteiger partial charge in [0.2, 0.25) is 11.8 Å². The first kappa shape index (κ1) is 17.4. The van der Waals surface area contributed by atoms with Crippen LogP contribution in [0.4, 0.5) is 5.69 Å². The minimum absolute atomic E-state index is 0.00365. The van der Waals surface area contributed by atoms with E-state index in [1.165, 1.54) is 17.0 Å². The van der Waals surface area contributed by atoms with Gasteiger partial charge < -0.3 is 14.8 Å². The molecule has 2 aromatic carbocycles. The fourth-order valence-electron chi connectivity index (χ4n) is 4.56. The smallest absolute Gasteiger partial charge is 0.269 e. The summed E-state index contributed by atoms with van der Waals surface area (Å²) in [5.74, 6) is -0.283. The summed E-state index contributed by atoms with van der Waals surface area (Å²) < 4.78 is 0. The molecule has 0 spiro atoms. The van der Waals surface area contributed by atoms with Crippen LogP contribution in [0.5, 0.6) is 0 Å². The molecule has 3 heterocycles. The summed E-state index contributed by atoms with van der Waals surface area (Å²) in [5, 5.41) is 12.3. The Morgan fingerprint density at radius 3 is 2.72 bits per heavy atom. The Hall–Kier alpha value is -3.68. The molecular weight excluding hydrogens is 372 g/mol. The number of aromatic nitrogens is 1. The number of carbonyl (C=O) groups excluding carboxylic acids is 2. The number of benzene rings is 2. The number of amides is 2. The molecule has 2 atom stereocenters. The molecule has 1 aromatic heterocycles. The molecule has 0 radical (unpaired) electrons. The first-order valence-electron chi connectivity index (χ1n) is 9.35. The van der Waals surface area contributed by atoms with Gasteiger partial charge in [0.15, 0.2) is 0 Å². The summed E-state index contributed by atoms with van der Waals surface area (Å²) in [5.41, 5.74) is 3.28. The van der Waals surface area contributed by atoms with Gasteiger partial charge in [-0.15, -0.1) is 0 Å². The molecule has 5 rings (SSSR count). The van der Waals surface area contributed by atoms with E-state index in [-0.39, 0.29) is 24.0 Å². The summed E-state index contributed by atoms with van der Waals surface area (Å²) in [4.78, 5) is 43.3. The highest BCUT2D eigenvalue weighted by Gasteiger charge is 2.47. The Labute approximate surface area is 165 Å². The third kappa shape index (κ3) is 2.52. The number of carbonyl (C=O) groups is 2. The number of rotatable bonds is 2. The number of nitrogens with one attached hydrogen (secondary N) is 1. The molecule has 3 aromatic rings. The fraction of sp³-hybridized carbons (Fsp3) is 0.238. The number of fused-ring (bicyclic) bond motifs is 4. The Kier molecular flexibility index (Phi) is 3.70. The maximum Gasteiger partial charge on any atom is 0.269 e. The van der Waals surface area contributed by atoms with Crippen molar-refractivity contribution in [3.63, 3.8) is 0 Å². The highest BCUT2D eigenvalue weighted by molar-refractivity contribution is 5.97. The molecule has 2 amide bonds. The molecule has 0 bridgehead atoms.